The van der Waals surface area contributed by atoms with E-state index in [1.165, 1.54) is 0 Å². The van der Waals surface area contributed by atoms with Gasteiger partial charge in [0.1, 0.15) is 0 Å². The van der Waals surface area contributed by atoms with Gasteiger partial charge in [0.25, 0.3) is 0 Å². The van der Waals surface area contributed by atoms with Gasteiger partial charge in [0.05, 0.1) is 0 Å². The number of halogens is 1. The molecule has 1 aliphatic rings. The van der Waals surface area contributed by atoms with Crippen LogP contribution in [-0.4, -0.2) is 35.7 Å². The van der Waals surface area contributed by atoms with Crippen LogP contribution in [0.4, 0.5) is 0 Å². The molecule has 0 aromatic heterocycles. The summed E-state index contributed by atoms with van der Waals surface area (Å²) in [5.74, 6) is 0.115. The van der Waals surface area contributed by atoms with Crippen LogP contribution in [0.1, 0.15) is 53.6 Å². The number of hydrogen-bond acceptors (Lipinski definition) is 3. The first-order chi connectivity index (χ1) is 10.5. The molecule has 0 aliphatic carbocycles. The fourth-order valence-corrected chi connectivity index (χ4v) is 3.11. The van der Waals surface area contributed by atoms with E-state index in [0.717, 1.165) is 42.5 Å². The van der Waals surface area contributed by atoms with Gasteiger partial charge in [-0.05, 0) is 44.7 Å². The number of Topliss-reactive ketones (excluding diaryl/α,β-unsaturated/α-hetero) is 1. The SMILES string of the molecule is Cc1ccc(C)c(C(=O)CCC(=O)N2CCCCC2CN)c1.Cl. The standard InChI is InChI=1S/C18H26N2O2.ClH/c1-13-6-7-14(2)16(11-13)17(21)8-9-18(22)20-10-4-3-5-15(20)12-19;/h6-7,11,15H,3-5,8-10,12,19H2,1-2H3;1H. The van der Waals surface area contributed by atoms with Crippen molar-refractivity contribution in [1.82, 2.24) is 4.90 Å². The molecule has 1 saturated heterocycles. The smallest absolute Gasteiger partial charge is 0.223 e. The third kappa shape index (κ3) is 5.05. The normalized spacial score (nSPS) is 17.5. The topological polar surface area (TPSA) is 63.4 Å². The van der Waals surface area contributed by atoms with E-state index in [-0.39, 0.29) is 43.0 Å². The predicted molar refractivity (Wildman–Crippen MR) is 95.1 cm³/mol. The molecule has 23 heavy (non-hydrogen) atoms. The second-order valence-corrected chi connectivity index (χ2v) is 6.21. The first kappa shape index (κ1) is 19.7. The van der Waals surface area contributed by atoms with Crippen LogP contribution in [0.3, 0.4) is 0 Å². The number of carbonyl (C=O) groups excluding carboxylic acids is 2. The fraction of sp³-hybridized carbons (Fsp3) is 0.556. The molecule has 0 saturated carbocycles. The van der Waals surface area contributed by atoms with Crippen molar-refractivity contribution in [2.24, 2.45) is 5.73 Å². The number of nitrogens with zero attached hydrogens (tertiary/aromatic N) is 1. The molecule has 128 valence electrons. The number of aryl methyl sites for hydroxylation is 2. The molecular formula is C18H27ClN2O2. The highest BCUT2D eigenvalue weighted by Crippen LogP contribution is 2.19. The number of benzene rings is 1. The van der Waals surface area contributed by atoms with E-state index in [4.69, 9.17) is 5.73 Å². The Balaban J connectivity index is 0.00000264. The maximum Gasteiger partial charge on any atom is 0.223 e. The Morgan fingerprint density at radius 2 is 1.96 bits per heavy atom. The maximum atomic E-state index is 12.4. The molecule has 4 nitrogen and oxygen atoms in total. The van der Waals surface area contributed by atoms with Crippen LogP contribution < -0.4 is 5.73 Å². The summed E-state index contributed by atoms with van der Waals surface area (Å²) in [7, 11) is 0. The Morgan fingerprint density at radius 3 is 2.65 bits per heavy atom. The van der Waals surface area contributed by atoms with E-state index < -0.39 is 0 Å². The van der Waals surface area contributed by atoms with Crippen molar-refractivity contribution in [2.45, 2.75) is 52.0 Å². The monoisotopic (exact) mass is 338 g/mol. The third-order valence-corrected chi connectivity index (χ3v) is 4.48. The van der Waals surface area contributed by atoms with Gasteiger partial charge in [0, 0.05) is 37.5 Å². The Morgan fingerprint density at radius 1 is 1.22 bits per heavy atom. The van der Waals surface area contributed by atoms with Gasteiger partial charge in [-0.2, -0.15) is 0 Å². The molecule has 1 heterocycles. The van der Waals surface area contributed by atoms with Gasteiger partial charge in [-0.1, -0.05) is 17.7 Å². The highest BCUT2D eigenvalue weighted by molar-refractivity contribution is 5.99. The molecule has 1 atom stereocenters. The van der Waals surface area contributed by atoms with Gasteiger partial charge in [-0.15, -0.1) is 12.4 Å². The van der Waals surface area contributed by atoms with Crippen molar-refractivity contribution < 1.29 is 9.59 Å². The number of likely N-dealkylation sites (tertiary alicyclic amines) is 1. The maximum absolute atomic E-state index is 12.4. The molecule has 1 unspecified atom stereocenters. The summed E-state index contributed by atoms with van der Waals surface area (Å²) in [6, 6.07) is 6.01. The summed E-state index contributed by atoms with van der Waals surface area (Å²) in [6.07, 6.45) is 3.70. The summed E-state index contributed by atoms with van der Waals surface area (Å²) in [5, 5.41) is 0. The zero-order valence-corrected chi connectivity index (χ0v) is 14.8. The van der Waals surface area contributed by atoms with Crippen molar-refractivity contribution in [3.05, 3.63) is 34.9 Å². The van der Waals surface area contributed by atoms with Crippen molar-refractivity contribution >= 4 is 24.1 Å². The van der Waals surface area contributed by atoms with Gasteiger partial charge in [0.2, 0.25) is 5.91 Å². The van der Waals surface area contributed by atoms with E-state index in [2.05, 4.69) is 0 Å². The quantitative estimate of drug-likeness (QED) is 0.839. The molecule has 1 fully saturated rings. The molecule has 2 N–H and O–H groups in total. The zero-order chi connectivity index (χ0) is 16.1. The molecule has 2 rings (SSSR count). The average Bonchev–Trinajstić information content (AvgIpc) is 2.54. The molecular weight excluding hydrogens is 312 g/mol. The average molecular weight is 339 g/mol. The number of ketones is 1. The summed E-state index contributed by atoms with van der Waals surface area (Å²) in [5.41, 5.74) is 8.53. The van der Waals surface area contributed by atoms with E-state index in [9.17, 15) is 9.59 Å². The van der Waals surface area contributed by atoms with Gasteiger partial charge < -0.3 is 10.6 Å². The molecule has 1 aromatic carbocycles. The van der Waals surface area contributed by atoms with Gasteiger partial charge in [0.15, 0.2) is 5.78 Å². The number of nitrogens with two attached hydrogens (primary N) is 1. The fourth-order valence-electron chi connectivity index (χ4n) is 3.11. The molecule has 0 bridgehead atoms. The zero-order valence-electron chi connectivity index (χ0n) is 14.0. The van der Waals surface area contributed by atoms with Crippen LogP contribution >= 0.6 is 12.4 Å². The minimum absolute atomic E-state index is 0. The Hall–Kier alpha value is -1.39. The first-order valence-corrected chi connectivity index (χ1v) is 8.13. The van der Waals surface area contributed by atoms with E-state index >= 15 is 0 Å². The number of piperidine rings is 1. The molecule has 0 radical (unpaired) electrons. The van der Waals surface area contributed by atoms with Gasteiger partial charge >= 0.3 is 0 Å². The number of hydrogen-bond donors (Lipinski definition) is 1. The molecule has 1 amide bonds. The third-order valence-electron chi connectivity index (χ3n) is 4.48. The lowest BCUT2D eigenvalue weighted by Crippen LogP contribution is -2.47. The minimum Gasteiger partial charge on any atom is -0.338 e. The summed E-state index contributed by atoms with van der Waals surface area (Å²) in [6.45, 7) is 5.19. The van der Waals surface area contributed by atoms with Crippen molar-refractivity contribution in [2.75, 3.05) is 13.1 Å². The number of amides is 1. The van der Waals surface area contributed by atoms with Crippen LogP contribution in [0.5, 0.6) is 0 Å². The highest BCUT2D eigenvalue weighted by atomic mass is 35.5. The van der Waals surface area contributed by atoms with Crippen LogP contribution in [0.15, 0.2) is 18.2 Å². The van der Waals surface area contributed by atoms with Crippen molar-refractivity contribution in [3.8, 4) is 0 Å². The summed E-state index contributed by atoms with van der Waals surface area (Å²) >= 11 is 0. The lowest BCUT2D eigenvalue weighted by atomic mass is 9.98. The van der Waals surface area contributed by atoms with Crippen LogP contribution in [0.2, 0.25) is 0 Å². The second kappa shape index (κ2) is 9.04. The Bertz CT molecular complexity index is 560. The Labute approximate surface area is 144 Å². The minimum atomic E-state index is 0. The van der Waals surface area contributed by atoms with Gasteiger partial charge in [-0.3, -0.25) is 9.59 Å². The molecule has 1 aromatic rings. The summed E-state index contributed by atoms with van der Waals surface area (Å²) < 4.78 is 0. The van der Waals surface area contributed by atoms with E-state index in [0.29, 0.717) is 6.54 Å². The largest absolute Gasteiger partial charge is 0.338 e. The van der Waals surface area contributed by atoms with E-state index in [1.54, 1.807) is 0 Å². The van der Waals surface area contributed by atoms with Gasteiger partial charge in [-0.25, -0.2) is 0 Å². The first-order valence-electron chi connectivity index (χ1n) is 8.13. The van der Waals surface area contributed by atoms with Crippen molar-refractivity contribution in [3.63, 3.8) is 0 Å². The molecule has 0 spiro atoms. The van der Waals surface area contributed by atoms with Crippen molar-refractivity contribution in [1.29, 1.82) is 0 Å². The number of carbonyl (C=O) groups is 2. The molecule has 5 heteroatoms. The van der Waals surface area contributed by atoms with E-state index in [1.807, 2.05) is 36.9 Å². The summed E-state index contributed by atoms with van der Waals surface area (Å²) in [4.78, 5) is 26.6. The second-order valence-electron chi connectivity index (χ2n) is 6.21. The van der Waals surface area contributed by atoms with Crippen LogP contribution in [0, 0.1) is 13.8 Å². The predicted octanol–water partition coefficient (Wildman–Crippen LogP) is 3.03. The Kier molecular flexibility index (Phi) is 7.73. The lowest BCUT2D eigenvalue weighted by Gasteiger charge is -2.35. The molecule has 1 aliphatic heterocycles. The lowest BCUT2D eigenvalue weighted by molar-refractivity contribution is -0.134. The highest BCUT2D eigenvalue weighted by Gasteiger charge is 2.25. The van der Waals surface area contributed by atoms with Crippen LogP contribution in [0.25, 0.3) is 0 Å². The number of rotatable bonds is 5. The van der Waals surface area contributed by atoms with Crippen LogP contribution in [-0.2, 0) is 4.79 Å².